The van der Waals surface area contributed by atoms with E-state index in [0.29, 0.717) is 24.1 Å². The number of nitrogens with zero attached hydrogens (tertiary/aromatic N) is 3. The molecule has 1 aromatic heterocycles. The molecule has 0 atom stereocenters. The first-order valence-corrected chi connectivity index (χ1v) is 7.99. The van der Waals surface area contributed by atoms with Gasteiger partial charge in [-0.1, -0.05) is 29.1 Å². The van der Waals surface area contributed by atoms with E-state index in [-0.39, 0.29) is 0 Å². The predicted octanol–water partition coefficient (Wildman–Crippen LogP) is 2.98. The number of ether oxygens (including phenoxy) is 2. The first-order chi connectivity index (χ1) is 10.3. The maximum atomic E-state index is 6.07. The van der Waals surface area contributed by atoms with Crippen LogP contribution in [0.3, 0.4) is 0 Å². The van der Waals surface area contributed by atoms with E-state index in [1.807, 2.05) is 12.1 Å². The van der Waals surface area contributed by atoms with Gasteiger partial charge in [-0.2, -0.15) is 0 Å². The van der Waals surface area contributed by atoms with Gasteiger partial charge >= 0.3 is 0 Å². The van der Waals surface area contributed by atoms with Gasteiger partial charge in [-0.3, -0.25) is 4.90 Å². The van der Waals surface area contributed by atoms with Gasteiger partial charge in [-0.05, 0) is 24.2 Å². The molecule has 112 valence electrons. The Hall–Kier alpha value is -1.37. The summed E-state index contributed by atoms with van der Waals surface area (Å²) in [4.78, 5) is 2.26. The minimum absolute atomic E-state index is 0.605. The Kier molecular flexibility index (Phi) is 4.57. The van der Waals surface area contributed by atoms with E-state index in [1.165, 1.54) is 17.1 Å². The minimum atomic E-state index is 0.605. The molecule has 0 saturated heterocycles. The van der Waals surface area contributed by atoms with Crippen LogP contribution in [0, 0.1) is 0 Å². The van der Waals surface area contributed by atoms with Gasteiger partial charge in [0.05, 0.1) is 0 Å². The minimum Gasteiger partial charge on any atom is -0.486 e. The Balaban J connectivity index is 1.70. The summed E-state index contributed by atoms with van der Waals surface area (Å²) in [6.07, 6.45) is 0. The number of halogens is 1. The van der Waals surface area contributed by atoms with Crippen LogP contribution < -0.4 is 9.47 Å². The van der Waals surface area contributed by atoms with Crippen molar-refractivity contribution in [1.29, 1.82) is 0 Å². The summed E-state index contributed by atoms with van der Waals surface area (Å²) < 4.78 is 15.7. The molecule has 0 aliphatic carbocycles. The standard InChI is InChI=1S/C14H16ClN3O2S/c1-2-18(9-11-14(15)21-17-16-11)8-10-3-4-12-13(7-10)20-6-5-19-12/h3-4,7H,2,5-6,8-9H2,1H3. The molecule has 1 aliphatic heterocycles. The van der Waals surface area contributed by atoms with Crippen molar-refractivity contribution in [3.63, 3.8) is 0 Å². The average Bonchev–Trinajstić information content (AvgIpc) is 2.91. The molecule has 2 aromatic rings. The molecule has 5 nitrogen and oxygen atoms in total. The van der Waals surface area contributed by atoms with Crippen LogP contribution in [0.25, 0.3) is 0 Å². The van der Waals surface area contributed by atoms with Crippen LogP contribution in [0.1, 0.15) is 18.2 Å². The summed E-state index contributed by atoms with van der Waals surface area (Å²) >= 11 is 7.29. The molecule has 0 bridgehead atoms. The van der Waals surface area contributed by atoms with Crippen LogP contribution >= 0.6 is 23.1 Å². The van der Waals surface area contributed by atoms with Crippen LogP contribution in [-0.2, 0) is 13.1 Å². The fraction of sp³-hybridized carbons (Fsp3) is 0.429. The van der Waals surface area contributed by atoms with Crippen molar-refractivity contribution in [3.05, 3.63) is 33.8 Å². The van der Waals surface area contributed by atoms with Gasteiger partial charge in [0.15, 0.2) is 11.5 Å². The van der Waals surface area contributed by atoms with Crippen molar-refractivity contribution in [2.45, 2.75) is 20.0 Å². The number of rotatable bonds is 5. The van der Waals surface area contributed by atoms with Gasteiger partial charge in [0.1, 0.15) is 23.2 Å². The largest absolute Gasteiger partial charge is 0.486 e. The molecule has 3 rings (SSSR count). The average molecular weight is 326 g/mol. The molecule has 0 fully saturated rings. The maximum Gasteiger partial charge on any atom is 0.161 e. The zero-order chi connectivity index (χ0) is 14.7. The van der Waals surface area contributed by atoms with Gasteiger partial charge < -0.3 is 9.47 Å². The lowest BCUT2D eigenvalue weighted by molar-refractivity contribution is 0.171. The van der Waals surface area contributed by atoms with Crippen molar-refractivity contribution in [2.24, 2.45) is 0 Å². The molecular weight excluding hydrogens is 310 g/mol. The van der Waals surface area contributed by atoms with Crippen LogP contribution in [0.2, 0.25) is 4.34 Å². The third kappa shape index (κ3) is 3.45. The monoisotopic (exact) mass is 325 g/mol. The van der Waals surface area contributed by atoms with Gasteiger partial charge in [0.25, 0.3) is 0 Å². The van der Waals surface area contributed by atoms with E-state index >= 15 is 0 Å². The molecule has 0 unspecified atom stereocenters. The number of benzene rings is 1. The SMILES string of the molecule is CCN(Cc1ccc2c(c1)OCCO2)Cc1nnsc1Cl. The Bertz CT molecular complexity index is 620. The second-order valence-corrected chi connectivity index (χ2v) is 6.13. The zero-order valence-corrected chi connectivity index (χ0v) is 13.3. The number of aromatic nitrogens is 2. The zero-order valence-electron chi connectivity index (χ0n) is 11.7. The van der Waals surface area contributed by atoms with E-state index in [4.69, 9.17) is 21.1 Å². The molecule has 0 N–H and O–H groups in total. The lowest BCUT2D eigenvalue weighted by Crippen LogP contribution is -2.23. The molecule has 1 aromatic carbocycles. The number of hydrogen-bond acceptors (Lipinski definition) is 6. The normalized spacial score (nSPS) is 13.7. The smallest absolute Gasteiger partial charge is 0.161 e. The molecule has 1 aliphatic rings. The quantitative estimate of drug-likeness (QED) is 0.845. The molecule has 0 amide bonds. The lowest BCUT2D eigenvalue weighted by atomic mass is 10.1. The molecule has 2 heterocycles. The first-order valence-electron chi connectivity index (χ1n) is 6.84. The summed E-state index contributed by atoms with van der Waals surface area (Å²) in [7, 11) is 0. The number of hydrogen-bond donors (Lipinski definition) is 0. The maximum absolute atomic E-state index is 6.07. The molecule has 0 radical (unpaired) electrons. The third-order valence-corrected chi connectivity index (χ3v) is 4.33. The second-order valence-electron chi connectivity index (χ2n) is 4.77. The summed E-state index contributed by atoms with van der Waals surface area (Å²) in [5, 5.41) is 4.07. The molecule has 0 spiro atoms. The van der Waals surface area contributed by atoms with Gasteiger partial charge in [-0.15, -0.1) is 5.10 Å². The summed E-state index contributed by atoms with van der Waals surface area (Å²) in [5.41, 5.74) is 2.02. The van der Waals surface area contributed by atoms with E-state index in [0.717, 1.165) is 30.3 Å². The van der Waals surface area contributed by atoms with Crippen molar-refractivity contribution < 1.29 is 9.47 Å². The van der Waals surface area contributed by atoms with E-state index in [1.54, 1.807) is 0 Å². The highest BCUT2D eigenvalue weighted by Gasteiger charge is 2.14. The van der Waals surface area contributed by atoms with Crippen molar-refractivity contribution >= 4 is 23.1 Å². The third-order valence-electron chi connectivity index (χ3n) is 3.34. The Morgan fingerprint density at radius 3 is 2.76 bits per heavy atom. The molecule has 0 saturated carbocycles. The lowest BCUT2D eigenvalue weighted by Gasteiger charge is -2.22. The Labute approximate surface area is 132 Å². The van der Waals surface area contributed by atoms with Crippen molar-refractivity contribution in [3.8, 4) is 11.5 Å². The fourth-order valence-electron chi connectivity index (χ4n) is 2.23. The first kappa shape index (κ1) is 14.6. The molecule has 7 heteroatoms. The van der Waals surface area contributed by atoms with Gasteiger partial charge in [0, 0.05) is 24.6 Å². The molecular formula is C14H16ClN3O2S. The highest BCUT2D eigenvalue weighted by Crippen LogP contribution is 2.31. The van der Waals surface area contributed by atoms with Crippen molar-refractivity contribution in [1.82, 2.24) is 14.5 Å². The van der Waals surface area contributed by atoms with E-state index < -0.39 is 0 Å². The predicted molar refractivity (Wildman–Crippen MR) is 82.1 cm³/mol. The van der Waals surface area contributed by atoms with E-state index in [9.17, 15) is 0 Å². The van der Waals surface area contributed by atoms with Crippen LogP contribution in [0.15, 0.2) is 18.2 Å². The van der Waals surface area contributed by atoms with E-state index in [2.05, 4.69) is 27.5 Å². The Morgan fingerprint density at radius 1 is 1.24 bits per heavy atom. The number of fused-ring (bicyclic) bond motifs is 1. The van der Waals surface area contributed by atoms with Gasteiger partial charge in [-0.25, -0.2) is 0 Å². The molecule has 21 heavy (non-hydrogen) atoms. The van der Waals surface area contributed by atoms with Crippen molar-refractivity contribution in [2.75, 3.05) is 19.8 Å². The highest BCUT2D eigenvalue weighted by atomic mass is 35.5. The van der Waals surface area contributed by atoms with Crippen LogP contribution in [-0.4, -0.2) is 34.2 Å². The summed E-state index contributed by atoms with van der Waals surface area (Å²) in [6.45, 7) is 5.74. The summed E-state index contributed by atoms with van der Waals surface area (Å²) in [6, 6.07) is 6.07. The van der Waals surface area contributed by atoms with Crippen LogP contribution in [0.4, 0.5) is 0 Å². The fourth-order valence-corrected chi connectivity index (χ4v) is 2.84. The Morgan fingerprint density at radius 2 is 2.05 bits per heavy atom. The second kappa shape index (κ2) is 6.60. The topological polar surface area (TPSA) is 47.5 Å². The highest BCUT2D eigenvalue weighted by molar-refractivity contribution is 7.10. The van der Waals surface area contributed by atoms with Gasteiger partial charge in [0.2, 0.25) is 0 Å². The summed E-state index contributed by atoms with van der Waals surface area (Å²) in [5.74, 6) is 1.64. The van der Waals surface area contributed by atoms with Crippen LogP contribution in [0.5, 0.6) is 11.5 Å².